The van der Waals surface area contributed by atoms with Crippen molar-refractivity contribution in [1.29, 1.82) is 0 Å². The first kappa shape index (κ1) is 19.7. The number of aromatic amines is 1. The molecule has 2 heterocycles. The molecule has 0 atom stereocenters. The first-order chi connectivity index (χ1) is 15.1. The van der Waals surface area contributed by atoms with Crippen LogP contribution in [0.1, 0.15) is 48.4 Å². The molecule has 1 fully saturated rings. The molecule has 1 aliphatic carbocycles. The number of H-pyrrole nitrogens is 1. The summed E-state index contributed by atoms with van der Waals surface area (Å²) >= 11 is 0. The van der Waals surface area contributed by atoms with Gasteiger partial charge in [-0.25, -0.2) is 9.97 Å². The maximum atomic E-state index is 6.17. The lowest BCUT2D eigenvalue weighted by atomic mass is 9.83. The van der Waals surface area contributed by atoms with Gasteiger partial charge in [-0.3, -0.25) is 5.10 Å². The first-order valence-corrected chi connectivity index (χ1v) is 11.0. The van der Waals surface area contributed by atoms with E-state index in [0.29, 0.717) is 12.0 Å². The average molecular weight is 413 g/mol. The van der Waals surface area contributed by atoms with Crippen molar-refractivity contribution in [2.45, 2.75) is 51.5 Å². The molecule has 6 heteroatoms. The van der Waals surface area contributed by atoms with Crippen LogP contribution in [0.4, 0.5) is 11.6 Å². The molecular weight excluding hydrogens is 384 g/mol. The number of anilines is 2. The molecule has 4 aromatic rings. The largest absolute Gasteiger partial charge is 0.328 e. The van der Waals surface area contributed by atoms with Crippen molar-refractivity contribution < 1.29 is 0 Å². The number of aromatic nitrogens is 4. The SMILES string of the molecule is Cc1ccccc1-c1nc(Nc2n[nH]c3ccccc23)c(C)c(C2CCC(N)CC2)n1. The maximum Gasteiger partial charge on any atom is 0.162 e. The maximum absolute atomic E-state index is 6.17. The van der Waals surface area contributed by atoms with E-state index in [9.17, 15) is 0 Å². The fourth-order valence-electron chi connectivity index (χ4n) is 4.56. The number of nitrogens with two attached hydrogens (primary N) is 1. The molecule has 158 valence electrons. The third kappa shape index (κ3) is 3.79. The van der Waals surface area contributed by atoms with Gasteiger partial charge in [0, 0.05) is 28.5 Å². The fourth-order valence-corrected chi connectivity index (χ4v) is 4.56. The molecule has 0 unspecified atom stereocenters. The summed E-state index contributed by atoms with van der Waals surface area (Å²) in [6.45, 7) is 4.22. The summed E-state index contributed by atoms with van der Waals surface area (Å²) in [6, 6.07) is 16.7. The van der Waals surface area contributed by atoms with Gasteiger partial charge in [0.1, 0.15) is 5.82 Å². The number of aryl methyl sites for hydroxylation is 1. The lowest BCUT2D eigenvalue weighted by Crippen LogP contribution is -2.26. The van der Waals surface area contributed by atoms with Crippen molar-refractivity contribution in [2.75, 3.05) is 5.32 Å². The highest BCUT2D eigenvalue weighted by atomic mass is 15.2. The number of para-hydroxylation sites is 1. The third-order valence-electron chi connectivity index (χ3n) is 6.44. The van der Waals surface area contributed by atoms with Crippen LogP contribution in [-0.4, -0.2) is 26.2 Å². The van der Waals surface area contributed by atoms with E-state index < -0.39 is 0 Å². The van der Waals surface area contributed by atoms with Crippen molar-refractivity contribution >= 4 is 22.5 Å². The summed E-state index contributed by atoms with van der Waals surface area (Å²) in [7, 11) is 0. The molecule has 0 bridgehead atoms. The van der Waals surface area contributed by atoms with Crippen molar-refractivity contribution in [3.05, 3.63) is 65.4 Å². The van der Waals surface area contributed by atoms with Crippen LogP contribution in [0.2, 0.25) is 0 Å². The second-order valence-corrected chi connectivity index (χ2v) is 8.58. The number of benzene rings is 2. The van der Waals surface area contributed by atoms with Crippen LogP contribution >= 0.6 is 0 Å². The van der Waals surface area contributed by atoms with Crippen LogP contribution in [0.25, 0.3) is 22.3 Å². The topological polar surface area (TPSA) is 92.5 Å². The Balaban J connectivity index is 1.61. The number of nitrogens with zero attached hydrogens (tertiary/aromatic N) is 3. The number of fused-ring (bicyclic) bond motifs is 1. The van der Waals surface area contributed by atoms with Crippen molar-refractivity contribution in [1.82, 2.24) is 20.2 Å². The zero-order valence-corrected chi connectivity index (χ0v) is 18.0. The van der Waals surface area contributed by atoms with Crippen LogP contribution in [0.5, 0.6) is 0 Å². The molecule has 2 aromatic heterocycles. The molecule has 0 amide bonds. The zero-order valence-electron chi connectivity index (χ0n) is 18.0. The Morgan fingerprint density at radius 3 is 2.45 bits per heavy atom. The van der Waals surface area contributed by atoms with E-state index in [1.807, 2.05) is 30.3 Å². The van der Waals surface area contributed by atoms with Gasteiger partial charge in [0.2, 0.25) is 0 Å². The van der Waals surface area contributed by atoms with Crippen molar-refractivity contribution in [3.8, 4) is 11.4 Å². The Morgan fingerprint density at radius 2 is 1.65 bits per heavy atom. The van der Waals surface area contributed by atoms with E-state index in [4.69, 9.17) is 15.7 Å². The lowest BCUT2D eigenvalue weighted by Gasteiger charge is -2.27. The molecule has 0 saturated heterocycles. The van der Waals surface area contributed by atoms with Gasteiger partial charge in [-0.05, 0) is 57.2 Å². The van der Waals surface area contributed by atoms with E-state index in [-0.39, 0.29) is 0 Å². The molecule has 31 heavy (non-hydrogen) atoms. The molecule has 6 nitrogen and oxygen atoms in total. The normalized spacial score (nSPS) is 18.9. The number of hydrogen-bond donors (Lipinski definition) is 3. The lowest BCUT2D eigenvalue weighted by molar-refractivity contribution is 0.389. The van der Waals surface area contributed by atoms with Crippen LogP contribution in [0, 0.1) is 13.8 Å². The van der Waals surface area contributed by atoms with E-state index in [1.54, 1.807) is 0 Å². The molecular formula is C25H28N6. The Kier molecular flexibility index (Phi) is 5.16. The number of hydrogen-bond acceptors (Lipinski definition) is 5. The van der Waals surface area contributed by atoms with Gasteiger partial charge in [-0.15, -0.1) is 0 Å². The fraction of sp³-hybridized carbons (Fsp3) is 0.320. The van der Waals surface area contributed by atoms with Gasteiger partial charge in [-0.2, -0.15) is 5.10 Å². The molecule has 2 aromatic carbocycles. The Hall–Kier alpha value is -3.25. The summed E-state index contributed by atoms with van der Waals surface area (Å²) in [5.41, 5.74) is 11.6. The molecule has 0 aliphatic heterocycles. The van der Waals surface area contributed by atoms with Gasteiger partial charge in [0.25, 0.3) is 0 Å². The van der Waals surface area contributed by atoms with Gasteiger partial charge in [-0.1, -0.05) is 36.4 Å². The quantitative estimate of drug-likeness (QED) is 0.419. The summed E-state index contributed by atoms with van der Waals surface area (Å²) in [4.78, 5) is 10.0. The third-order valence-corrected chi connectivity index (χ3v) is 6.44. The minimum absolute atomic E-state index is 0.308. The van der Waals surface area contributed by atoms with Crippen LogP contribution in [-0.2, 0) is 0 Å². The van der Waals surface area contributed by atoms with Gasteiger partial charge < -0.3 is 11.1 Å². The predicted molar refractivity (Wildman–Crippen MR) is 126 cm³/mol. The smallest absolute Gasteiger partial charge is 0.162 e. The highest BCUT2D eigenvalue weighted by Gasteiger charge is 2.25. The van der Waals surface area contributed by atoms with Gasteiger partial charge >= 0.3 is 0 Å². The van der Waals surface area contributed by atoms with Crippen LogP contribution in [0.3, 0.4) is 0 Å². The minimum atomic E-state index is 0.308. The average Bonchev–Trinajstić information content (AvgIpc) is 3.19. The van der Waals surface area contributed by atoms with E-state index in [2.05, 4.69) is 47.6 Å². The van der Waals surface area contributed by atoms with Gasteiger partial charge in [0.15, 0.2) is 11.6 Å². The summed E-state index contributed by atoms with van der Waals surface area (Å²) < 4.78 is 0. The Morgan fingerprint density at radius 1 is 0.903 bits per heavy atom. The molecule has 1 saturated carbocycles. The van der Waals surface area contributed by atoms with Crippen LogP contribution < -0.4 is 11.1 Å². The minimum Gasteiger partial charge on any atom is -0.328 e. The standard InChI is InChI=1S/C25H28N6/c1-15-7-3-4-8-19(15)24-27-22(17-11-13-18(26)14-12-17)16(2)23(28-24)29-25-20-9-5-6-10-21(20)30-31-25/h3-10,17-18H,11-14,26H2,1-2H3,(H2,27,28,29,30,31). The second kappa shape index (κ2) is 8.12. The highest BCUT2D eigenvalue weighted by molar-refractivity contribution is 5.91. The molecule has 1 aliphatic rings. The van der Waals surface area contributed by atoms with E-state index >= 15 is 0 Å². The Bertz CT molecular complexity index is 1220. The Labute approximate surface area is 182 Å². The monoisotopic (exact) mass is 412 g/mol. The first-order valence-electron chi connectivity index (χ1n) is 11.0. The number of nitrogens with one attached hydrogen (secondary N) is 2. The molecule has 5 rings (SSSR count). The summed E-state index contributed by atoms with van der Waals surface area (Å²) in [5, 5.41) is 12.1. The molecule has 4 N–H and O–H groups in total. The summed E-state index contributed by atoms with van der Waals surface area (Å²) in [6.07, 6.45) is 4.22. The van der Waals surface area contributed by atoms with Crippen molar-refractivity contribution in [2.24, 2.45) is 5.73 Å². The van der Waals surface area contributed by atoms with Gasteiger partial charge in [0.05, 0.1) is 11.2 Å². The molecule has 0 spiro atoms. The molecule has 0 radical (unpaired) electrons. The predicted octanol–water partition coefficient (Wildman–Crippen LogP) is 5.37. The highest BCUT2D eigenvalue weighted by Crippen LogP contribution is 2.37. The zero-order chi connectivity index (χ0) is 21.4. The van der Waals surface area contributed by atoms with Crippen molar-refractivity contribution in [3.63, 3.8) is 0 Å². The number of rotatable bonds is 4. The second-order valence-electron chi connectivity index (χ2n) is 8.58. The summed E-state index contributed by atoms with van der Waals surface area (Å²) in [5.74, 6) is 2.76. The van der Waals surface area contributed by atoms with Crippen LogP contribution in [0.15, 0.2) is 48.5 Å². The van der Waals surface area contributed by atoms with E-state index in [0.717, 1.165) is 70.9 Å². The van der Waals surface area contributed by atoms with E-state index in [1.165, 1.54) is 5.56 Å².